The van der Waals surface area contributed by atoms with Gasteiger partial charge in [-0.05, 0) is 0 Å². The van der Waals surface area contributed by atoms with Gasteiger partial charge in [-0.1, -0.05) is 5.16 Å². The molecular formula is C6H9BN2O. The minimum atomic E-state index is 0.921. The zero-order valence-corrected chi connectivity index (χ0v) is 5.98. The number of hydrogen-bond acceptors (Lipinski definition) is 3. The second-order valence-electron chi connectivity index (χ2n) is 2.60. The van der Waals surface area contributed by atoms with Crippen molar-refractivity contribution < 1.29 is 4.52 Å². The van der Waals surface area contributed by atoms with E-state index in [1.54, 1.807) is 0 Å². The van der Waals surface area contributed by atoms with Gasteiger partial charge in [-0.15, -0.1) is 0 Å². The Kier molecular flexibility index (Phi) is 1.27. The first-order valence-corrected chi connectivity index (χ1v) is 3.52. The van der Waals surface area contributed by atoms with Crippen LogP contribution in [0.2, 0.25) is 0 Å². The first kappa shape index (κ1) is 5.98. The maximum atomic E-state index is 5.10. The minimum Gasteiger partial charge on any atom is -0.362 e. The van der Waals surface area contributed by atoms with E-state index in [-0.39, 0.29) is 0 Å². The van der Waals surface area contributed by atoms with Gasteiger partial charge in [0.25, 0.3) is 0 Å². The number of aromatic nitrogens is 1. The third kappa shape index (κ3) is 0.760. The molecule has 0 radical (unpaired) electrons. The van der Waals surface area contributed by atoms with Gasteiger partial charge in [0.15, 0.2) is 7.85 Å². The molecule has 1 aliphatic rings. The normalized spacial score (nSPS) is 16.8. The van der Waals surface area contributed by atoms with Gasteiger partial charge in [-0.25, -0.2) is 0 Å². The quantitative estimate of drug-likeness (QED) is 0.444. The van der Waals surface area contributed by atoms with E-state index in [1.807, 2.05) is 7.85 Å². The van der Waals surface area contributed by atoms with Gasteiger partial charge in [0.1, 0.15) is 5.76 Å². The van der Waals surface area contributed by atoms with Crippen LogP contribution in [-0.2, 0) is 13.0 Å². The molecule has 1 aromatic heterocycles. The Morgan fingerprint density at radius 2 is 2.50 bits per heavy atom. The second-order valence-corrected chi connectivity index (χ2v) is 2.60. The lowest BCUT2D eigenvalue weighted by Gasteiger charge is -2.09. The van der Waals surface area contributed by atoms with Crippen LogP contribution in [0.25, 0.3) is 0 Å². The molecule has 1 N–H and O–H groups in total. The standard InChI is InChI=1S/C6H9BN2O/c7-6-4-3-8-2-1-5(4)10-9-6/h8H,1-3,7H2. The molecular weight excluding hydrogens is 127 g/mol. The summed E-state index contributed by atoms with van der Waals surface area (Å²) in [6.07, 6.45) is 0.982. The van der Waals surface area contributed by atoms with E-state index >= 15 is 0 Å². The molecule has 0 aromatic carbocycles. The summed E-state index contributed by atoms with van der Waals surface area (Å²) in [7, 11) is 1.98. The van der Waals surface area contributed by atoms with Crippen molar-refractivity contribution in [2.75, 3.05) is 6.54 Å². The minimum absolute atomic E-state index is 0.921. The highest BCUT2D eigenvalue weighted by atomic mass is 16.5. The van der Waals surface area contributed by atoms with Gasteiger partial charge in [-0.3, -0.25) is 0 Å². The van der Waals surface area contributed by atoms with Crippen LogP contribution in [0.5, 0.6) is 0 Å². The predicted molar refractivity (Wildman–Crippen MR) is 40.1 cm³/mol. The molecule has 2 rings (SSSR count). The lowest BCUT2D eigenvalue weighted by molar-refractivity contribution is 0.375. The molecule has 0 saturated heterocycles. The third-order valence-corrected chi connectivity index (χ3v) is 1.90. The van der Waals surface area contributed by atoms with Crippen molar-refractivity contribution in [2.45, 2.75) is 13.0 Å². The fourth-order valence-corrected chi connectivity index (χ4v) is 1.27. The van der Waals surface area contributed by atoms with Gasteiger partial charge >= 0.3 is 0 Å². The average Bonchev–Trinajstić information content (AvgIpc) is 2.34. The third-order valence-electron chi connectivity index (χ3n) is 1.90. The Morgan fingerprint density at radius 3 is 3.30 bits per heavy atom. The Bertz CT molecular complexity index is 246. The van der Waals surface area contributed by atoms with E-state index in [1.165, 1.54) is 5.56 Å². The summed E-state index contributed by atoms with van der Waals surface area (Å²) in [5.41, 5.74) is 2.29. The largest absolute Gasteiger partial charge is 0.362 e. The summed E-state index contributed by atoms with van der Waals surface area (Å²) in [5.74, 6) is 1.07. The Hall–Kier alpha value is -0.765. The molecule has 1 aromatic rings. The van der Waals surface area contributed by atoms with E-state index in [0.29, 0.717) is 0 Å². The van der Waals surface area contributed by atoms with Gasteiger partial charge < -0.3 is 9.84 Å². The van der Waals surface area contributed by atoms with Crippen molar-refractivity contribution in [3.63, 3.8) is 0 Å². The van der Waals surface area contributed by atoms with Crippen LogP contribution in [0.1, 0.15) is 11.3 Å². The molecule has 0 atom stereocenters. The van der Waals surface area contributed by atoms with Crippen LogP contribution < -0.4 is 10.9 Å². The molecule has 10 heavy (non-hydrogen) atoms. The summed E-state index contributed by atoms with van der Waals surface area (Å²) < 4.78 is 5.10. The lowest BCUT2D eigenvalue weighted by Crippen LogP contribution is -2.26. The van der Waals surface area contributed by atoms with Crippen LogP contribution in [-0.4, -0.2) is 19.5 Å². The highest BCUT2D eigenvalue weighted by molar-refractivity contribution is 6.31. The molecule has 0 fully saturated rings. The maximum absolute atomic E-state index is 5.10. The van der Waals surface area contributed by atoms with Crippen LogP contribution >= 0.6 is 0 Å². The summed E-state index contributed by atoms with van der Waals surface area (Å²) >= 11 is 0. The van der Waals surface area contributed by atoms with Crippen molar-refractivity contribution in [2.24, 2.45) is 0 Å². The van der Waals surface area contributed by atoms with Crippen molar-refractivity contribution in [1.29, 1.82) is 0 Å². The highest BCUT2D eigenvalue weighted by Crippen LogP contribution is 2.08. The van der Waals surface area contributed by atoms with E-state index in [2.05, 4.69) is 10.5 Å². The SMILES string of the molecule is Bc1noc2c1CNCC2. The summed E-state index contributed by atoms with van der Waals surface area (Å²) in [6, 6.07) is 0. The fraction of sp³-hybridized carbons (Fsp3) is 0.500. The molecule has 3 nitrogen and oxygen atoms in total. The predicted octanol–water partition coefficient (Wildman–Crippen LogP) is -1.42. The summed E-state index contributed by atoms with van der Waals surface area (Å²) in [4.78, 5) is 0. The Balaban J connectivity index is 2.45. The zero-order valence-electron chi connectivity index (χ0n) is 5.98. The van der Waals surface area contributed by atoms with Crippen LogP contribution in [0, 0.1) is 0 Å². The number of rotatable bonds is 0. The molecule has 2 heterocycles. The Labute approximate surface area is 60.2 Å². The molecule has 0 bridgehead atoms. The van der Waals surface area contributed by atoms with Gasteiger partial charge in [0, 0.05) is 30.7 Å². The van der Waals surface area contributed by atoms with Crippen LogP contribution in [0.15, 0.2) is 4.52 Å². The molecule has 0 saturated carbocycles. The molecule has 1 aliphatic heterocycles. The second kappa shape index (κ2) is 2.13. The van der Waals surface area contributed by atoms with Crippen molar-refractivity contribution in [3.05, 3.63) is 11.3 Å². The number of hydrogen-bond donors (Lipinski definition) is 1. The van der Waals surface area contributed by atoms with E-state index in [0.717, 1.165) is 30.9 Å². The topological polar surface area (TPSA) is 38.1 Å². The summed E-state index contributed by atoms with van der Waals surface area (Å²) in [6.45, 7) is 1.94. The van der Waals surface area contributed by atoms with Crippen LogP contribution in [0.4, 0.5) is 0 Å². The number of nitrogens with one attached hydrogen (secondary N) is 1. The number of fused-ring (bicyclic) bond motifs is 1. The van der Waals surface area contributed by atoms with Crippen molar-refractivity contribution in [3.8, 4) is 0 Å². The Morgan fingerprint density at radius 1 is 1.60 bits per heavy atom. The van der Waals surface area contributed by atoms with E-state index in [4.69, 9.17) is 4.52 Å². The molecule has 0 aliphatic carbocycles. The van der Waals surface area contributed by atoms with Gasteiger partial charge in [-0.2, -0.15) is 0 Å². The smallest absolute Gasteiger partial charge is 0.169 e. The number of nitrogens with zero attached hydrogens (tertiary/aromatic N) is 1. The maximum Gasteiger partial charge on any atom is 0.169 e. The van der Waals surface area contributed by atoms with Crippen LogP contribution in [0.3, 0.4) is 0 Å². The van der Waals surface area contributed by atoms with E-state index < -0.39 is 0 Å². The first-order chi connectivity index (χ1) is 4.88. The molecule has 0 unspecified atom stereocenters. The summed E-state index contributed by atoms with van der Waals surface area (Å²) in [5, 5.41) is 7.15. The van der Waals surface area contributed by atoms with E-state index in [9.17, 15) is 0 Å². The zero-order chi connectivity index (χ0) is 6.97. The average molecular weight is 136 g/mol. The van der Waals surface area contributed by atoms with Crippen molar-refractivity contribution in [1.82, 2.24) is 10.5 Å². The monoisotopic (exact) mass is 136 g/mol. The molecule has 52 valence electrons. The molecule has 0 amide bonds. The molecule has 4 heteroatoms. The fourth-order valence-electron chi connectivity index (χ4n) is 1.27. The van der Waals surface area contributed by atoms with Crippen molar-refractivity contribution >= 4 is 13.4 Å². The molecule has 0 spiro atoms. The highest BCUT2D eigenvalue weighted by Gasteiger charge is 2.15. The van der Waals surface area contributed by atoms with Gasteiger partial charge in [0.2, 0.25) is 0 Å². The lowest BCUT2D eigenvalue weighted by atomic mass is 9.96. The van der Waals surface area contributed by atoms with Gasteiger partial charge in [0.05, 0.1) is 0 Å². The first-order valence-electron chi connectivity index (χ1n) is 3.52.